The number of alkyl halides is 3. The average molecular weight is 431 g/mol. The van der Waals surface area contributed by atoms with Crippen LogP contribution < -0.4 is 10.9 Å². The van der Waals surface area contributed by atoms with Crippen LogP contribution in [0.15, 0.2) is 42.5 Å². The summed E-state index contributed by atoms with van der Waals surface area (Å²) in [5.41, 5.74) is 3.35. The summed E-state index contributed by atoms with van der Waals surface area (Å²) < 4.78 is 39.7. The molecule has 0 aliphatic heterocycles. The van der Waals surface area contributed by atoms with E-state index in [1.807, 2.05) is 22.6 Å². The van der Waals surface area contributed by atoms with Crippen LogP contribution in [-0.2, 0) is 6.18 Å². The van der Waals surface area contributed by atoms with Crippen LogP contribution in [0.1, 0.15) is 21.5 Å². The lowest BCUT2D eigenvalue weighted by Crippen LogP contribution is -2.31. The maximum atomic E-state index is 13.0. The Morgan fingerprint density at radius 1 is 1.17 bits per heavy atom. The van der Waals surface area contributed by atoms with Crippen molar-refractivity contribution < 1.29 is 18.0 Å². The van der Waals surface area contributed by atoms with Gasteiger partial charge in [-0.15, -0.1) is 0 Å². The Hall–Kier alpha value is -2.28. The molecule has 0 heterocycles. The van der Waals surface area contributed by atoms with Crippen LogP contribution >= 0.6 is 22.6 Å². The van der Waals surface area contributed by atoms with Crippen molar-refractivity contribution in [3.63, 3.8) is 0 Å². The summed E-state index contributed by atoms with van der Waals surface area (Å²) in [5, 5.41) is 8.71. The number of benzene rings is 2. The summed E-state index contributed by atoms with van der Waals surface area (Å²) in [6.07, 6.45) is -4.65. The first-order chi connectivity index (χ1) is 10.8. The standard InChI is InChI=1S/C15H9F3IN3O/c16-15(17,18)11-7-9(8-20)5-6-13(11)21-22-14(23)10-3-1-2-4-12(10)19/h1-7,21H,(H,22,23). The SMILES string of the molecule is N#Cc1ccc(NNC(=O)c2ccccc2I)c(C(F)(F)F)c1. The lowest BCUT2D eigenvalue weighted by molar-refractivity contribution is -0.137. The minimum Gasteiger partial charge on any atom is -0.298 e. The van der Waals surface area contributed by atoms with Crippen molar-refractivity contribution in [1.29, 1.82) is 5.26 Å². The number of hydrazine groups is 1. The monoisotopic (exact) mass is 431 g/mol. The van der Waals surface area contributed by atoms with E-state index >= 15 is 0 Å². The van der Waals surface area contributed by atoms with Gasteiger partial charge in [0.2, 0.25) is 0 Å². The lowest BCUT2D eigenvalue weighted by atomic mass is 10.1. The van der Waals surface area contributed by atoms with E-state index < -0.39 is 17.6 Å². The number of carbonyl (C=O) groups is 1. The molecule has 0 spiro atoms. The number of halogens is 4. The molecule has 0 aromatic heterocycles. The summed E-state index contributed by atoms with van der Waals surface area (Å²) in [4.78, 5) is 12.0. The van der Waals surface area contributed by atoms with E-state index in [9.17, 15) is 18.0 Å². The van der Waals surface area contributed by atoms with Gasteiger partial charge in [0, 0.05) is 3.57 Å². The number of anilines is 1. The molecule has 118 valence electrons. The van der Waals surface area contributed by atoms with Crippen LogP contribution in [-0.4, -0.2) is 5.91 Å². The van der Waals surface area contributed by atoms with Gasteiger partial charge in [-0.05, 0) is 52.9 Å². The Bertz CT molecular complexity index is 784. The predicted octanol–water partition coefficient (Wildman–Crippen LogP) is 3.94. The molecule has 23 heavy (non-hydrogen) atoms. The van der Waals surface area contributed by atoms with Crippen LogP contribution in [0.4, 0.5) is 18.9 Å². The molecular weight excluding hydrogens is 422 g/mol. The Kier molecular flexibility index (Phi) is 5.10. The van der Waals surface area contributed by atoms with Gasteiger partial charge in [0.15, 0.2) is 0 Å². The molecule has 4 nitrogen and oxygen atoms in total. The maximum absolute atomic E-state index is 13.0. The summed E-state index contributed by atoms with van der Waals surface area (Å²) in [6, 6.07) is 11.4. The minimum atomic E-state index is -4.65. The van der Waals surface area contributed by atoms with E-state index in [1.54, 1.807) is 30.3 Å². The molecule has 0 radical (unpaired) electrons. The van der Waals surface area contributed by atoms with E-state index in [2.05, 4.69) is 10.9 Å². The number of hydrogen-bond acceptors (Lipinski definition) is 3. The minimum absolute atomic E-state index is 0.119. The number of nitrogens with one attached hydrogen (secondary N) is 2. The third-order valence-electron chi connectivity index (χ3n) is 2.88. The van der Waals surface area contributed by atoms with Crippen molar-refractivity contribution in [3.8, 4) is 6.07 Å². The molecule has 0 bridgehead atoms. The molecule has 0 unspecified atom stereocenters. The zero-order chi connectivity index (χ0) is 17.0. The molecule has 2 aromatic carbocycles. The van der Waals surface area contributed by atoms with Crippen LogP contribution in [0, 0.1) is 14.9 Å². The first kappa shape index (κ1) is 17.1. The fourth-order valence-corrected chi connectivity index (χ4v) is 2.43. The number of carbonyl (C=O) groups excluding carboxylic acids is 1. The van der Waals surface area contributed by atoms with Crippen molar-refractivity contribution in [1.82, 2.24) is 5.43 Å². The third kappa shape index (κ3) is 4.13. The third-order valence-corrected chi connectivity index (χ3v) is 3.82. The Morgan fingerprint density at radius 3 is 2.48 bits per heavy atom. The topological polar surface area (TPSA) is 64.9 Å². The van der Waals surface area contributed by atoms with Crippen LogP contribution in [0.25, 0.3) is 0 Å². The Morgan fingerprint density at radius 2 is 1.87 bits per heavy atom. The quantitative estimate of drug-likeness (QED) is 0.572. The van der Waals surface area contributed by atoms with Crippen molar-refractivity contribution in [2.45, 2.75) is 6.18 Å². The van der Waals surface area contributed by atoms with Gasteiger partial charge in [-0.1, -0.05) is 12.1 Å². The highest BCUT2D eigenvalue weighted by Crippen LogP contribution is 2.35. The zero-order valence-electron chi connectivity index (χ0n) is 11.4. The van der Waals surface area contributed by atoms with Crippen molar-refractivity contribution in [3.05, 3.63) is 62.7 Å². The molecule has 0 aliphatic rings. The van der Waals surface area contributed by atoms with Gasteiger partial charge in [-0.25, -0.2) is 0 Å². The average Bonchev–Trinajstić information content (AvgIpc) is 2.52. The van der Waals surface area contributed by atoms with Gasteiger partial charge in [0.1, 0.15) is 0 Å². The molecule has 0 fully saturated rings. The van der Waals surface area contributed by atoms with Crippen molar-refractivity contribution in [2.24, 2.45) is 0 Å². The van der Waals surface area contributed by atoms with E-state index in [0.29, 0.717) is 9.13 Å². The van der Waals surface area contributed by atoms with Gasteiger partial charge < -0.3 is 0 Å². The van der Waals surface area contributed by atoms with Crippen LogP contribution in [0.5, 0.6) is 0 Å². The Labute approximate surface area is 143 Å². The first-order valence-electron chi connectivity index (χ1n) is 6.25. The highest BCUT2D eigenvalue weighted by atomic mass is 127. The molecular formula is C15H9F3IN3O. The number of nitrogens with zero attached hydrogens (tertiary/aromatic N) is 1. The molecule has 8 heteroatoms. The van der Waals surface area contributed by atoms with Crippen molar-refractivity contribution in [2.75, 3.05) is 5.43 Å². The number of rotatable bonds is 3. The molecule has 0 saturated heterocycles. The second-order valence-electron chi connectivity index (χ2n) is 4.43. The zero-order valence-corrected chi connectivity index (χ0v) is 13.6. The van der Waals surface area contributed by atoms with Gasteiger partial charge in [0.25, 0.3) is 5.91 Å². The van der Waals surface area contributed by atoms with E-state index in [4.69, 9.17) is 5.26 Å². The summed E-state index contributed by atoms with van der Waals surface area (Å²) >= 11 is 1.95. The molecule has 0 aliphatic carbocycles. The molecule has 2 aromatic rings. The van der Waals surface area contributed by atoms with Gasteiger partial charge in [0.05, 0.1) is 28.4 Å². The normalized spacial score (nSPS) is 10.7. The number of nitriles is 1. The molecule has 0 atom stereocenters. The summed E-state index contributed by atoms with van der Waals surface area (Å²) in [7, 11) is 0. The second kappa shape index (κ2) is 6.87. The van der Waals surface area contributed by atoms with Crippen molar-refractivity contribution >= 4 is 34.2 Å². The van der Waals surface area contributed by atoms with Crippen LogP contribution in [0.2, 0.25) is 0 Å². The van der Waals surface area contributed by atoms with E-state index in [-0.39, 0.29) is 11.3 Å². The number of hydrogen-bond donors (Lipinski definition) is 2. The fourth-order valence-electron chi connectivity index (χ4n) is 1.79. The maximum Gasteiger partial charge on any atom is 0.418 e. The van der Waals surface area contributed by atoms with Crippen LogP contribution in [0.3, 0.4) is 0 Å². The lowest BCUT2D eigenvalue weighted by Gasteiger charge is -2.15. The fraction of sp³-hybridized carbons (Fsp3) is 0.0667. The first-order valence-corrected chi connectivity index (χ1v) is 7.33. The molecule has 1 amide bonds. The highest BCUT2D eigenvalue weighted by Gasteiger charge is 2.34. The molecule has 2 rings (SSSR count). The van der Waals surface area contributed by atoms with Gasteiger partial charge in [-0.2, -0.15) is 18.4 Å². The van der Waals surface area contributed by atoms with Gasteiger partial charge >= 0.3 is 6.18 Å². The van der Waals surface area contributed by atoms with E-state index in [0.717, 1.165) is 12.1 Å². The summed E-state index contributed by atoms with van der Waals surface area (Å²) in [6.45, 7) is 0. The van der Waals surface area contributed by atoms with Gasteiger partial charge in [-0.3, -0.25) is 15.6 Å². The number of amides is 1. The summed E-state index contributed by atoms with van der Waals surface area (Å²) in [5.74, 6) is -0.563. The largest absolute Gasteiger partial charge is 0.418 e. The molecule has 0 saturated carbocycles. The predicted molar refractivity (Wildman–Crippen MR) is 86.4 cm³/mol. The smallest absolute Gasteiger partial charge is 0.298 e. The highest BCUT2D eigenvalue weighted by molar-refractivity contribution is 14.1. The van der Waals surface area contributed by atoms with E-state index in [1.165, 1.54) is 6.07 Å². The molecule has 2 N–H and O–H groups in total. The second-order valence-corrected chi connectivity index (χ2v) is 5.59. The Balaban J connectivity index is 2.23.